The van der Waals surface area contributed by atoms with Crippen LogP contribution < -0.4 is 5.32 Å². The molecule has 1 aliphatic rings. The summed E-state index contributed by atoms with van der Waals surface area (Å²) in [4.78, 5) is 26.1. The maximum absolute atomic E-state index is 12.2. The number of rotatable bonds is 5. The summed E-state index contributed by atoms with van der Waals surface area (Å²) in [5.41, 5.74) is 0.679. The summed E-state index contributed by atoms with van der Waals surface area (Å²) in [6.07, 6.45) is 6.62. The molecule has 2 aromatic rings. The molecule has 1 aliphatic heterocycles. The fourth-order valence-corrected chi connectivity index (χ4v) is 2.93. The highest BCUT2D eigenvalue weighted by Crippen LogP contribution is 2.17. The average Bonchev–Trinajstić information content (AvgIpc) is 3.19. The molecule has 0 radical (unpaired) electrons. The highest BCUT2D eigenvalue weighted by molar-refractivity contribution is 5.94. The predicted molar refractivity (Wildman–Crippen MR) is 95.8 cm³/mol. The van der Waals surface area contributed by atoms with Crippen LogP contribution in [-0.2, 0) is 4.79 Å². The van der Waals surface area contributed by atoms with Crippen LogP contribution in [0.1, 0.15) is 29.0 Å². The lowest BCUT2D eigenvalue weighted by Crippen LogP contribution is -2.40. The molecular formula is C20H22N2O3. The quantitative estimate of drug-likeness (QED) is 0.853. The Morgan fingerprint density at radius 2 is 1.88 bits per heavy atom. The van der Waals surface area contributed by atoms with Gasteiger partial charge < -0.3 is 14.6 Å². The molecule has 1 aromatic carbocycles. The first-order valence-electron chi connectivity index (χ1n) is 8.56. The number of likely N-dealkylation sites (tertiary alicyclic amines) is 1. The van der Waals surface area contributed by atoms with Gasteiger partial charge in [0.1, 0.15) is 5.76 Å². The molecule has 0 aliphatic carbocycles. The Balaban J connectivity index is 1.41. The predicted octanol–water partition coefficient (Wildman–Crippen LogP) is 2.96. The number of benzene rings is 1. The number of hydrogen-bond donors (Lipinski definition) is 1. The topological polar surface area (TPSA) is 62.6 Å². The monoisotopic (exact) mass is 338 g/mol. The van der Waals surface area contributed by atoms with Crippen LogP contribution in [0.15, 0.2) is 59.2 Å². The number of carbonyl (C=O) groups excluding carboxylic acids is 2. The van der Waals surface area contributed by atoms with Crippen molar-refractivity contribution in [1.29, 1.82) is 0 Å². The molecule has 1 aromatic heterocycles. The van der Waals surface area contributed by atoms with Gasteiger partial charge in [-0.25, -0.2) is 0 Å². The second-order valence-corrected chi connectivity index (χ2v) is 6.19. The molecular weight excluding hydrogens is 316 g/mol. The van der Waals surface area contributed by atoms with Crippen molar-refractivity contribution in [3.8, 4) is 0 Å². The van der Waals surface area contributed by atoms with Gasteiger partial charge in [0.05, 0.1) is 6.26 Å². The Hall–Kier alpha value is -2.82. The molecule has 3 rings (SSSR count). The first-order valence-corrected chi connectivity index (χ1v) is 8.56. The summed E-state index contributed by atoms with van der Waals surface area (Å²) in [6.45, 7) is 2.08. The maximum atomic E-state index is 12.2. The summed E-state index contributed by atoms with van der Waals surface area (Å²) in [5.74, 6) is 1.04. The number of furan rings is 1. The molecule has 0 bridgehead atoms. The lowest BCUT2D eigenvalue weighted by atomic mass is 9.96. The summed E-state index contributed by atoms with van der Waals surface area (Å²) in [6, 6.07) is 12.8. The van der Waals surface area contributed by atoms with Crippen molar-refractivity contribution < 1.29 is 14.0 Å². The van der Waals surface area contributed by atoms with E-state index in [-0.39, 0.29) is 11.8 Å². The Morgan fingerprint density at radius 1 is 1.12 bits per heavy atom. The van der Waals surface area contributed by atoms with Gasteiger partial charge >= 0.3 is 0 Å². The van der Waals surface area contributed by atoms with Gasteiger partial charge in [-0.3, -0.25) is 9.59 Å². The zero-order chi connectivity index (χ0) is 17.5. The van der Waals surface area contributed by atoms with E-state index in [1.807, 2.05) is 41.3 Å². The maximum Gasteiger partial charge on any atom is 0.251 e. The molecule has 0 spiro atoms. The van der Waals surface area contributed by atoms with Gasteiger partial charge in [0.25, 0.3) is 5.91 Å². The van der Waals surface area contributed by atoms with Crippen LogP contribution in [0.25, 0.3) is 6.08 Å². The third kappa shape index (κ3) is 4.83. The van der Waals surface area contributed by atoms with Crippen molar-refractivity contribution in [3.63, 3.8) is 0 Å². The zero-order valence-corrected chi connectivity index (χ0v) is 14.1. The van der Waals surface area contributed by atoms with E-state index < -0.39 is 0 Å². The number of nitrogens with zero attached hydrogens (tertiary/aromatic N) is 1. The van der Waals surface area contributed by atoms with Gasteiger partial charge in [0, 0.05) is 31.3 Å². The number of carbonyl (C=O) groups is 2. The fraction of sp³-hybridized carbons (Fsp3) is 0.300. The Morgan fingerprint density at radius 3 is 2.56 bits per heavy atom. The highest BCUT2D eigenvalue weighted by atomic mass is 16.3. The van der Waals surface area contributed by atoms with Gasteiger partial charge in [-0.1, -0.05) is 18.2 Å². The summed E-state index contributed by atoms with van der Waals surface area (Å²) >= 11 is 0. The van der Waals surface area contributed by atoms with Crippen LogP contribution in [0.4, 0.5) is 0 Å². The number of hydrogen-bond acceptors (Lipinski definition) is 3. The van der Waals surface area contributed by atoms with Crippen LogP contribution in [0.3, 0.4) is 0 Å². The van der Waals surface area contributed by atoms with Crippen molar-refractivity contribution >= 4 is 17.9 Å². The van der Waals surface area contributed by atoms with Gasteiger partial charge in [0.15, 0.2) is 0 Å². The SMILES string of the molecule is O=C(NCC1CCN(C(=O)/C=C/c2ccco2)CC1)c1ccccc1. The van der Waals surface area contributed by atoms with Gasteiger partial charge in [0.2, 0.25) is 5.91 Å². The molecule has 1 N–H and O–H groups in total. The number of amides is 2. The minimum atomic E-state index is -0.0412. The normalized spacial score (nSPS) is 15.4. The van der Waals surface area contributed by atoms with Crippen molar-refractivity contribution in [1.82, 2.24) is 10.2 Å². The molecule has 5 heteroatoms. The Kier molecular flexibility index (Phi) is 5.67. The lowest BCUT2D eigenvalue weighted by molar-refractivity contribution is -0.127. The number of nitrogens with one attached hydrogen (secondary N) is 1. The van der Waals surface area contributed by atoms with Gasteiger partial charge in [-0.15, -0.1) is 0 Å². The van der Waals surface area contributed by atoms with Crippen molar-refractivity contribution in [2.75, 3.05) is 19.6 Å². The van der Waals surface area contributed by atoms with Crippen LogP contribution in [0, 0.1) is 5.92 Å². The van der Waals surface area contributed by atoms with Crippen molar-refractivity contribution in [2.45, 2.75) is 12.8 Å². The Bertz CT molecular complexity index is 715. The molecule has 2 heterocycles. The highest BCUT2D eigenvalue weighted by Gasteiger charge is 2.22. The molecule has 1 saturated heterocycles. The third-order valence-electron chi connectivity index (χ3n) is 4.45. The lowest BCUT2D eigenvalue weighted by Gasteiger charge is -2.31. The van der Waals surface area contributed by atoms with E-state index in [2.05, 4.69) is 5.32 Å². The second kappa shape index (κ2) is 8.33. The molecule has 0 unspecified atom stereocenters. The van der Waals surface area contributed by atoms with E-state index in [0.29, 0.717) is 36.9 Å². The van der Waals surface area contributed by atoms with E-state index in [1.54, 1.807) is 24.5 Å². The van der Waals surface area contributed by atoms with Crippen molar-refractivity contribution in [3.05, 3.63) is 66.1 Å². The Labute approximate surface area is 147 Å². The van der Waals surface area contributed by atoms with Crippen LogP contribution in [0.5, 0.6) is 0 Å². The fourth-order valence-electron chi connectivity index (χ4n) is 2.93. The first kappa shape index (κ1) is 17.0. The molecule has 130 valence electrons. The third-order valence-corrected chi connectivity index (χ3v) is 4.45. The standard InChI is InChI=1S/C20H22N2O3/c23-19(9-8-18-7-4-14-25-18)22-12-10-16(11-13-22)15-21-20(24)17-5-2-1-3-6-17/h1-9,14,16H,10-13,15H2,(H,21,24)/b9-8+. The van der Waals surface area contributed by atoms with Crippen LogP contribution in [-0.4, -0.2) is 36.3 Å². The second-order valence-electron chi connectivity index (χ2n) is 6.19. The van der Waals surface area contributed by atoms with Crippen LogP contribution in [0.2, 0.25) is 0 Å². The van der Waals surface area contributed by atoms with E-state index >= 15 is 0 Å². The minimum Gasteiger partial charge on any atom is -0.465 e. The van der Waals surface area contributed by atoms with E-state index in [1.165, 1.54) is 0 Å². The molecule has 25 heavy (non-hydrogen) atoms. The molecule has 5 nitrogen and oxygen atoms in total. The van der Waals surface area contributed by atoms with Gasteiger partial charge in [-0.05, 0) is 49.1 Å². The number of piperidine rings is 1. The molecule has 1 fully saturated rings. The smallest absolute Gasteiger partial charge is 0.251 e. The van der Waals surface area contributed by atoms with E-state index in [0.717, 1.165) is 12.8 Å². The summed E-state index contributed by atoms with van der Waals surface area (Å²) in [5, 5.41) is 2.99. The molecule has 0 saturated carbocycles. The van der Waals surface area contributed by atoms with E-state index in [9.17, 15) is 9.59 Å². The average molecular weight is 338 g/mol. The van der Waals surface area contributed by atoms with Gasteiger partial charge in [-0.2, -0.15) is 0 Å². The first-order chi connectivity index (χ1) is 12.2. The summed E-state index contributed by atoms with van der Waals surface area (Å²) < 4.78 is 5.18. The largest absolute Gasteiger partial charge is 0.465 e. The summed E-state index contributed by atoms with van der Waals surface area (Å²) in [7, 11) is 0. The minimum absolute atomic E-state index is 0.00294. The zero-order valence-electron chi connectivity index (χ0n) is 14.1. The van der Waals surface area contributed by atoms with Crippen molar-refractivity contribution in [2.24, 2.45) is 5.92 Å². The molecule has 0 atom stereocenters. The molecule has 2 amide bonds. The van der Waals surface area contributed by atoms with E-state index in [4.69, 9.17) is 4.42 Å². The van der Waals surface area contributed by atoms with Crippen LogP contribution >= 0.6 is 0 Å².